The van der Waals surface area contributed by atoms with Crippen LogP contribution in [0.3, 0.4) is 0 Å². The molecule has 1 unspecified atom stereocenters. The zero-order chi connectivity index (χ0) is 12.5. The van der Waals surface area contributed by atoms with Gasteiger partial charge >= 0.3 is 0 Å². The molecule has 0 saturated heterocycles. The maximum atomic E-state index is 10.1. The maximum absolute atomic E-state index is 10.1. The van der Waals surface area contributed by atoms with E-state index in [4.69, 9.17) is 0 Å². The molecule has 2 aromatic carbocycles. The molecular weight excluding hydrogens is 240 g/mol. The van der Waals surface area contributed by atoms with Crippen LogP contribution in [0.4, 0.5) is 0 Å². The lowest BCUT2D eigenvalue weighted by molar-refractivity contribution is 0.202. The molecule has 0 radical (unpaired) electrons. The summed E-state index contributed by atoms with van der Waals surface area (Å²) >= 11 is 1.75. The Morgan fingerprint density at radius 1 is 0.944 bits per heavy atom. The van der Waals surface area contributed by atoms with Gasteiger partial charge in [-0.05, 0) is 23.9 Å². The van der Waals surface area contributed by atoms with E-state index in [1.807, 2.05) is 37.3 Å². The zero-order valence-electron chi connectivity index (χ0n) is 10.1. The van der Waals surface area contributed by atoms with E-state index in [1.54, 1.807) is 11.3 Å². The van der Waals surface area contributed by atoms with Crippen LogP contribution in [-0.2, 0) is 0 Å². The van der Waals surface area contributed by atoms with Crippen molar-refractivity contribution < 1.29 is 5.11 Å². The maximum Gasteiger partial charge on any atom is 0.0782 e. The Morgan fingerprint density at radius 2 is 1.61 bits per heavy atom. The quantitative estimate of drug-likeness (QED) is 0.707. The Hall–Kier alpha value is -1.64. The minimum absolute atomic E-state index is 0.448. The van der Waals surface area contributed by atoms with Crippen LogP contribution in [0.2, 0.25) is 0 Å². The molecule has 0 amide bonds. The first-order valence-electron chi connectivity index (χ1n) is 6.02. The number of benzene rings is 2. The molecule has 2 heteroatoms. The SMILES string of the molecule is CC(O)c1c(-c2ccccc2)sc2ccccc12. The average Bonchev–Trinajstić information content (AvgIpc) is 2.79. The molecule has 18 heavy (non-hydrogen) atoms. The van der Waals surface area contributed by atoms with Gasteiger partial charge in [0.15, 0.2) is 0 Å². The van der Waals surface area contributed by atoms with Crippen molar-refractivity contribution >= 4 is 21.4 Å². The summed E-state index contributed by atoms with van der Waals surface area (Å²) < 4.78 is 1.23. The second-order valence-electron chi connectivity index (χ2n) is 4.38. The summed E-state index contributed by atoms with van der Waals surface area (Å²) in [6.45, 7) is 1.83. The topological polar surface area (TPSA) is 20.2 Å². The molecule has 1 aromatic heterocycles. The van der Waals surface area contributed by atoms with Crippen LogP contribution in [-0.4, -0.2) is 5.11 Å². The first-order chi connectivity index (χ1) is 8.77. The standard InChI is InChI=1S/C16H14OS/c1-11(17)15-13-9-5-6-10-14(13)18-16(15)12-7-3-2-4-8-12/h2-11,17H,1H3. The Labute approximate surface area is 110 Å². The Bertz CT molecular complexity index is 668. The van der Waals surface area contributed by atoms with Gasteiger partial charge in [0, 0.05) is 15.1 Å². The second kappa shape index (κ2) is 4.56. The fraction of sp³-hybridized carbons (Fsp3) is 0.125. The predicted octanol–water partition coefficient (Wildman–Crippen LogP) is 4.62. The lowest BCUT2D eigenvalue weighted by Crippen LogP contribution is -1.91. The van der Waals surface area contributed by atoms with Crippen LogP contribution >= 0.6 is 11.3 Å². The number of hydrogen-bond donors (Lipinski definition) is 1. The normalized spacial score (nSPS) is 12.8. The summed E-state index contributed by atoms with van der Waals surface area (Å²) in [6, 6.07) is 18.5. The molecule has 1 heterocycles. The van der Waals surface area contributed by atoms with Crippen molar-refractivity contribution in [1.82, 2.24) is 0 Å². The molecule has 0 aliphatic carbocycles. The van der Waals surface area contributed by atoms with E-state index in [-0.39, 0.29) is 0 Å². The van der Waals surface area contributed by atoms with Gasteiger partial charge < -0.3 is 5.11 Å². The number of fused-ring (bicyclic) bond motifs is 1. The summed E-state index contributed by atoms with van der Waals surface area (Å²) in [5, 5.41) is 11.2. The van der Waals surface area contributed by atoms with Gasteiger partial charge in [-0.25, -0.2) is 0 Å². The molecule has 0 spiro atoms. The first kappa shape index (κ1) is 11.5. The highest BCUT2D eigenvalue weighted by atomic mass is 32.1. The first-order valence-corrected chi connectivity index (χ1v) is 6.84. The third-order valence-electron chi connectivity index (χ3n) is 3.09. The fourth-order valence-corrected chi connectivity index (χ4v) is 3.58. The van der Waals surface area contributed by atoms with E-state index in [9.17, 15) is 5.11 Å². The number of aliphatic hydroxyl groups excluding tert-OH is 1. The van der Waals surface area contributed by atoms with Gasteiger partial charge in [-0.3, -0.25) is 0 Å². The summed E-state index contributed by atoms with van der Waals surface area (Å²) in [6.07, 6.45) is -0.448. The molecule has 3 rings (SSSR count). The van der Waals surface area contributed by atoms with Crippen LogP contribution < -0.4 is 0 Å². The number of hydrogen-bond acceptors (Lipinski definition) is 2. The van der Waals surface area contributed by atoms with Gasteiger partial charge in [0.2, 0.25) is 0 Å². The molecule has 90 valence electrons. The van der Waals surface area contributed by atoms with Crippen LogP contribution in [0, 0.1) is 0 Å². The number of aliphatic hydroxyl groups is 1. The van der Waals surface area contributed by atoms with Crippen LogP contribution in [0.15, 0.2) is 54.6 Å². The molecule has 1 N–H and O–H groups in total. The van der Waals surface area contributed by atoms with Crippen molar-refractivity contribution in [2.45, 2.75) is 13.0 Å². The minimum atomic E-state index is -0.448. The average molecular weight is 254 g/mol. The van der Waals surface area contributed by atoms with Crippen LogP contribution in [0.25, 0.3) is 20.5 Å². The van der Waals surface area contributed by atoms with E-state index in [1.165, 1.54) is 15.1 Å². The molecule has 1 atom stereocenters. The monoisotopic (exact) mass is 254 g/mol. The summed E-state index contributed by atoms with van der Waals surface area (Å²) in [7, 11) is 0. The van der Waals surface area contributed by atoms with Crippen molar-refractivity contribution in [3.05, 3.63) is 60.2 Å². The van der Waals surface area contributed by atoms with Gasteiger partial charge in [-0.1, -0.05) is 48.5 Å². The summed E-state index contributed by atoms with van der Waals surface area (Å²) in [5.74, 6) is 0. The van der Waals surface area contributed by atoms with E-state index < -0.39 is 6.10 Å². The molecule has 0 saturated carbocycles. The van der Waals surface area contributed by atoms with Crippen LogP contribution in [0.5, 0.6) is 0 Å². The van der Waals surface area contributed by atoms with Crippen molar-refractivity contribution in [3.8, 4) is 10.4 Å². The molecule has 0 bridgehead atoms. The molecule has 0 aliphatic heterocycles. The Balaban J connectivity index is 2.32. The molecular formula is C16H14OS. The molecule has 0 aliphatic rings. The third-order valence-corrected chi connectivity index (χ3v) is 4.32. The van der Waals surface area contributed by atoms with Crippen molar-refractivity contribution in [2.75, 3.05) is 0 Å². The van der Waals surface area contributed by atoms with E-state index in [0.29, 0.717) is 0 Å². The van der Waals surface area contributed by atoms with E-state index >= 15 is 0 Å². The number of thiophene rings is 1. The van der Waals surface area contributed by atoms with E-state index in [0.717, 1.165) is 10.9 Å². The Kier molecular flexibility index (Phi) is 2.90. The van der Waals surface area contributed by atoms with Gasteiger partial charge in [-0.15, -0.1) is 11.3 Å². The largest absolute Gasteiger partial charge is 0.389 e. The number of rotatable bonds is 2. The molecule has 0 fully saturated rings. The smallest absolute Gasteiger partial charge is 0.0782 e. The predicted molar refractivity (Wildman–Crippen MR) is 77.9 cm³/mol. The lowest BCUT2D eigenvalue weighted by atomic mass is 10.0. The third kappa shape index (κ3) is 1.84. The van der Waals surface area contributed by atoms with Gasteiger partial charge in [0.25, 0.3) is 0 Å². The van der Waals surface area contributed by atoms with Crippen molar-refractivity contribution in [3.63, 3.8) is 0 Å². The Morgan fingerprint density at radius 3 is 2.33 bits per heavy atom. The lowest BCUT2D eigenvalue weighted by Gasteiger charge is -2.07. The second-order valence-corrected chi connectivity index (χ2v) is 5.44. The van der Waals surface area contributed by atoms with E-state index in [2.05, 4.69) is 24.3 Å². The molecule has 1 nitrogen and oxygen atoms in total. The van der Waals surface area contributed by atoms with Crippen LogP contribution in [0.1, 0.15) is 18.6 Å². The van der Waals surface area contributed by atoms with Crippen molar-refractivity contribution in [1.29, 1.82) is 0 Å². The van der Waals surface area contributed by atoms with Gasteiger partial charge in [-0.2, -0.15) is 0 Å². The summed E-state index contributed by atoms with van der Waals surface area (Å²) in [4.78, 5) is 1.17. The van der Waals surface area contributed by atoms with Gasteiger partial charge in [0.1, 0.15) is 0 Å². The molecule has 3 aromatic rings. The zero-order valence-corrected chi connectivity index (χ0v) is 10.9. The highest BCUT2D eigenvalue weighted by molar-refractivity contribution is 7.22. The van der Waals surface area contributed by atoms with Gasteiger partial charge in [0.05, 0.1) is 6.10 Å². The minimum Gasteiger partial charge on any atom is -0.389 e. The summed E-state index contributed by atoms with van der Waals surface area (Å²) in [5.41, 5.74) is 2.22. The van der Waals surface area contributed by atoms with Crippen molar-refractivity contribution in [2.24, 2.45) is 0 Å². The highest BCUT2D eigenvalue weighted by Gasteiger charge is 2.16. The fourth-order valence-electron chi connectivity index (χ4n) is 2.28. The highest BCUT2D eigenvalue weighted by Crippen LogP contribution is 2.41.